The van der Waals surface area contributed by atoms with Crippen LogP contribution in [0.25, 0.3) is 0 Å². The Labute approximate surface area is 234 Å². The largest absolute Gasteiger partial charge is 0.497 e. The van der Waals surface area contributed by atoms with E-state index in [0.717, 1.165) is 15.3 Å². The number of carbonyl (C=O) groups is 4. The van der Waals surface area contributed by atoms with Gasteiger partial charge in [-0.3, -0.25) is 14.4 Å². The summed E-state index contributed by atoms with van der Waals surface area (Å²) in [5.41, 5.74) is 2.27. The third-order valence-electron chi connectivity index (χ3n) is 6.25. The molecule has 0 aliphatic carbocycles. The van der Waals surface area contributed by atoms with E-state index in [1.165, 1.54) is 37.1 Å². The third kappa shape index (κ3) is 6.61. The molecule has 0 saturated heterocycles. The number of anilines is 2. The second kappa shape index (κ2) is 12.4. The Bertz CT molecular complexity index is 1400. The number of fused-ring (bicyclic) bond motifs is 1. The molecule has 2 aromatic carbocycles. The molecule has 1 aliphatic rings. The van der Waals surface area contributed by atoms with Crippen molar-refractivity contribution in [2.24, 2.45) is 0 Å². The number of rotatable bonds is 8. The van der Waals surface area contributed by atoms with Crippen molar-refractivity contribution >= 4 is 57.5 Å². The maximum Gasteiger partial charge on any atom is 0.341 e. The number of benzene rings is 2. The van der Waals surface area contributed by atoms with Gasteiger partial charge in [0.2, 0.25) is 11.8 Å². The topological polar surface area (TPSA) is 114 Å². The number of hydrogen-bond acceptors (Lipinski definition) is 8. The van der Waals surface area contributed by atoms with Crippen molar-refractivity contribution in [2.75, 3.05) is 31.4 Å². The Morgan fingerprint density at radius 1 is 1.05 bits per heavy atom. The Morgan fingerprint density at radius 2 is 1.79 bits per heavy atom. The fraction of sp³-hybridized carbons (Fsp3) is 0.286. The summed E-state index contributed by atoms with van der Waals surface area (Å²) in [4.78, 5) is 53.6. The zero-order valence-corrected chi connectivity index (χ0v) is 23.7. The van der Waals surface area contributed by atoms with E-state index in [-0.39, 0.29) is 17.7 Å². The van der Waals surface area contributed by atoms with Gasteiger partial charge in [0.25, 0.3) is 5.91 Å². The highest BCUT2D eigenvalue weighted by Gasteiger charge is 2.30. The molecule has 0 fully saturated rings. The molecule has 1 aromatic heterocycles. The molecule has 3 amide bonds. The van der Waals surface area contributed by atoms with Gasteiger partial charge in [-0.2, -0.15) is 0 Å². The number of methoxy groups -OCH3 is 2. The van der Waals surface area contributed by atoms with Crippen LogP contribution in [0.5, 0.6) is 5.75 Å². The van der Waals surface area contributed by atoms with Crippen molar-refractivity contribution < 1.29 is 28.7 Å². The summed E-state index contributed by atoms with van der Waals surface area (Å²) in [7, 11) is 2.87. The van der Waals surface area contributed by atoms with Gasteiger partial charge < -0.3 is 25.0 Å². The van der Waals surface area contributed by atoms with Crippen LogP contribution in [-0.4, -0.2) is 54.6 Å². The second-order valence-electron chi connectivity index (χ2n) is 8.85. The van der Waals surface area contributed by atoms with Crippen LogP contribution in [0, 0.1) is 0 Å². The molecule has 4 rings (SSSR count). The summed E-state index contributed by atoms with van der Waals surface area (Å²) in [5, 5.41) is 5.69. The van der Waals surface area contributed by atoms with Crippen LogP contribution in [0.1, 0.15) is 45.0 Å². The van der Waals surface area contributed by atoms with Gasteiger partial charge in [-0.25, -0.2) is 4.79 Å². The quantitative estimate of drug-likeness (QED) is 0.296. The van der Waals surface area contributed by atoms with Gasteiger partial charge in [0.15, 0.2) is 0 Å². The van der Waals surface area contributed by atoms with Crippen molar-refractivity contribution in [3.63, 3.8) is 0 Å². The molecule has 3 aromatic rings. The van der Waals surface area contributed by atoms with Gasteiger partial charge in [-0.05, 0) is 61.4 Å². The molecule has 2 N–H and O–H groups in total. The van der Waals surface area contributed by atoms with Crippen LogP contribution in [0.3, 0.4) is 0 Å². The van der Waals surface area contributed by atoms with Gasteiger partial charge >= 0.3 is 5.97 Å². The molecule has 2 heterocycles. The highest BCUT2D eigenvalue weighted by molar-refractivity contribution is 8.00. The van der Waals surface area contributed by atoms with Crippen LogP contribution in [0.4, 0.5) is 10.7 Å². The van der Waals surface area contributed by atoms with Crippen molar-refractivity contribution in [3.05, 3.63) is 70.1 Å². The predicted octanol–water partition coefficient (Wildman–Crippen LogP) is 4.82. The van der Waals surface area contributed by atoms with E-state index in [2.05, 4.69) is 10.6 Å². The first-order valence-corrected chi connectivity index (χ1v) is 13.9. The van der Waals surface area contributed by atoms with Gasteiger partial charge in [0.05, 0.1) is 31.6 Å². The lowest BCUT2D eigenvalue weighted by molar-refractivity contribution is -0.129. The van der Waals surface area contributed by atoms with Crippen LogP contribution < -0.4 is 15.4 Å². The van der Waals surface area contributed by atoms with Crippen LogP contribution in [0.15, 0.2) is 53.4 Å². The minimum Gasteiger partial charge on any atom is -0.497 e. The number of nitrogens with zero attached hydrogens (tertiary/aromatic N) is 1. The van der Waals surface area contributed by atoms with E-state index >= 15 is 0 Å². The minimum atomic E-state index is -0.514. The standard InChI is InChI=1S/C28H29N3O6S2/c1-16(38-21-7-5-6-19(14-21)29-26(34)18-8-10-20(36-3)11-9-18)25(33)30-27-24(28(35)37-4)22-12-13-31(17(2)32)15-23(22)39-27/h5-11,14,16H,12-13,15H2,1-4H3,(H,29,34)(H,30,33). The molecule has 0 radical (unpaired) electrons. The number of nitrogens with one attached hydrogen (secondary N) is 2. The second-order valence-corrected chi connectivity index (χ2v) is 11.4. The number of amides is 3. The summed E-state index contributed by atoms with van der Waals surface area (Å²) < 4.78 is 10.1. The lowest BCUT2D eigenvalue weighted by Gasteiger charge is -2.25. The Morgan fingerprint density at radius 3 is 2.46 bits per heavy atom. The fourth-order valence-electron chi connectivity index (χ4n) is 4.14. The lowest BCUT2D eigenvalue weighted by Crippen LogP contribution is -2.33. The Kier molecular flexibility index (Phi) is 8.93. The number of esters is 1. The minimum absolute atomic E-state index is 0.0355. The monoisotopic (exact) mass is 567 g/mol. The molecule has 39 heavy (non-hydrogen) atoms. The molecule has 0 spiro atoms. The van der Waals surface area contributed by atoms with Crippen LogP contribution >= 0.6 is 23.1 Å². The van der Waals surface area contributed by atoms with E-state index in [1.807, 2.05) is 6.07 Å². The molecule has 9 nitrogen and oxygen atoms in total. The first kappa shape index (κ1) is 28.2. The number of carbonyl (C=O) groups excluding carboxylic acids is 4. The van der Waals surface area contributed by atoms with Gasteiger partial charge in [0, 0.05) is 34.5 Å². The molecular formula is C28H29N3O6S2. The Balaban J connectivity index is 1.44. The van der Waals surface area contributed by atoms with Crippen molar-refractivity contribution in [1.29, 1.82) is 0 Å². The molecule has 11 heteroatoms. The van der Waals surface area contributed by atoms with Gasteiger partial charge in [-0.15, -0.1) is 23.1 Å². The number of thiophene rings is 1. The zero-order valence-electron chi connectivity index (χ0n) is 22.0. The van der Waals surface area contributed by atoms with Crippen LogP contribution in [-0.2, 0) is 27.3 Å². The SMILES string of the molecule is COC(=O)c1c(NC(=O)C(C)Sc2cccc(NC(=O)c3ccc(OC)cc3)c2)sc2c1CCN(C(C)=O)C2. The van der Waals surface area contributed by atoms with E-state index < -0.39 is 11.2 Å². The van der Waals surface area contributed by atoms with Crippen molar-refractivity contribution in [2.45, 2.75) is 37.0 Å². The number of hydrogen-bond donors (Lipinski definition) is 2. The average Bonchev–Trinajstić information content (AvgIpc) is 3.29. The first-order chi connectivity index (χ1) is 18.7. The first-order valence-electron chi connectivity index (χ1n) is 12.2. The van der Waals surface area contributed by atoms with Crippen molar-refractivity contribution in [1.82, 2.24) is 4.90 Å². The highest BCUT2D eigenvalue weighted by atomic mass is 32.2. The molecule has 1 unspecified atom stereocenters. The van der Waals surface area contributed by atoms with Gasteiger partial charge in [0.1, 0.15) is 10.8 Å². The summed E-state index contributed by atoms with van der Waals surface area (Å²) >= 11 is 2.62. The molecule has 1 aliphatic heterocycles. The molecule has 204 valence electrons. The predicted molar refractivity (Wildman–Crippen MR) is 152 cm³/mol. The number of ether oxygens (including phenoxy) is 2. The zero-order chi connectivity index (χ0) is 28.1. The summed E-state index contributed by atoms with van der Waals surface area (Å²) in [6, 6.07) is 14.0. The van der Waals surface area contributed by atoms with E-state index in [1.54, 1.807) is 61.4 Å². The fourth-order valence-corrected chi connectivity index (χ4v) is 6.32. The smallest absolute Gasteiger partial charge is 0.341 e. The van der Waals surface area contributed by atoms with Crippen LogP contribution in [0.2, 0.25) is 0 Å². The third-order valence-corrected chi connectivity index (χ3v) is 8.48. The average molecular weight is 568 g/mol. The van der Waals surface area contributed by atoms with Gasteiger partial charge in [-0.1, -0.05) is 6.07 Å². The maximum atomic E-state index is 13.1. The van der Waals surface area contributed by atoms with E-state index in [9.17, 15) is 19.2 Å². The molecule has 0 saturated carbocycles. The number of thioether (sulfide) groups is 1. The van der Waals surface area contributed by atoms with Crippen molar-refractivity contribution in [3.8, 4) is 5.75 Å². The van der Waals surface area contributed by atoms with E-state index in [4.69, 9.17) is 9.47 Å². The molecule has 1 atom stereocenters. The summed E-state index contributed by atoms with van der Waals surface area (Å²) in [6.45, 7) is 4.19. The lowest BCUT2D eigenvalue weighted by atomic mass is 10.0. The summed E-state index contributed by atoms with van der Waals surface area (Å²) in [6.07, 6.45) is 0.519. The normalized spacial score (nSPS) is 13.2. The molecule has 0 bridgehead atoms. The Hall–Kier alpha value is -3.83. The molecular weight excluding hydrogens is 538 g/mol. The maximum absolute atomic E-state index is 13.1. The summed E-state index contributed by atoms with van der Waals surface area (Å²) in [5.74, 6) is -0.422. The highest BCUT2D eigenvalue weighted by Crippen LogP contribution is 2.38. The van der Waals surface area contributed by atoms with E-state index in [0.29, 0.717) is 47.1 Å².